The zero-order chi connectivity index (χ0) is 19.1. The van der Waals surface area contributed by atoms with Gasteiger partial charge in [0.25, 0.3) is 0 Å². The maximum Gasteiger partial charge on any atom is 0.243 e. The Bertz CT molecular complexity index is 935. The van der Waals surface area contributed by atoms with Crippen LogP contribution >= 0.6 is 11.8 Å². The van der Waals surface area contributed by atoms with Crippen molar-refractivity contribution in [3.8, 4) is 0 Å². The standard InChI is InChI=1S/C20H22N2O3S2/c1-16-7-9-17(10-8-16)22-19(23)15-26-20(22)11-13-21(14-12-20)27(24,25)18-5-3-2-4-6-18/h2-10H,11-15H2,1H3. The Hall–Kier alpha value is -1.83. The Kier molecular flexibility index (Phi) is 4.78. The van der Waals surface area contributed by atoms with Crippen LogP contribution in [0.15, 0.2) is 59.5 Å². The highest BCUT2D eigenvalue weighted by Gasteiger charge is 2.49. The molecular weight excluding hydrogens is 380 g/mol. The zero-order valence-corrected chi connectivity index (χ0v) is 16.8. The molecule has 0 N–H and O–H groups in total. The molecule has 2 aromatic rings. The lowest BCUT2D eigenvalue weighted by molar-refractivity contribution is -0.116. The van der Waals surface area contributed by atoms with Crippen molar-refractivity contribution in [2.75, 3.05) is 23.7 Å². The summed E-state index contributed by atoms with van der Waals surface area (Å²) in [5, 5.41) is 0. The van der Waals surface area contributed by atoms with Gasteiger partial charge in [-0.25, -0.2) is 8.42 Å². The van der Waals surface area contributed by atoms with Gasteiger partial charge < -0.3 is 0 Å². The number of hydrogen-bond donors (Lipinski definition) is 0. The van der Waals surface area contributed by atoms with Crippen LogP contribution in [0, 0.1) is 6.92 Å². The fourth-order valence-corrected chi connectivity index (χ4v) is 6.60. The minimum absolute atomic E-state index is 0.100. The molecule has 2 aliphatic heterocycles. The summed E-state index contributed by atoms with van der Waals surface area (Å²) in [6, 6.07) is 16.5. The third-order valence-corrected chi connectivity index (χ3v) is 8.73. The van der Waals surface area contributed by atoms with Crippen LogP contribution in [0.4, 0.5) is 5.69 Å². The van der Waals surface area contributed by atoms with E-state index in [1.165, 1.54) is 0 Å². The number of hydrogen-bond acceptors (Lipinski definition) is 4. The first-order valence-electron chi connectivity index (χ1n) is 9.01. The molecule has 0 radical (unpaired) electrons. The molecule has 0 aliphatic carbocycles. The molecule has 2 heterocycles. The number of anilines is 1. The van der Waals surface area contributed by atoms with Gasteiger partial charge >= 0.3 is 0 Å². The van der Waals surface area contributed by atoms with E-state index in [1.807, 2.05) is 42.2 Å². The summed E-state index contributed by atoms with van der Waals surface area (Å²) in [5.41, 5.74) is 2.05. The lowest BCUT2D eigenvalue weighted by Gasteiger charge is -2.43. The van der Waals surface area contributed by atoms with E-state index in [4.69, 9.17) is 0 Å². The molecule has 4 rings (SSSR count). The zero-order valence-electron chi connectivity index (χ0n) is 15.2. The van der Waals surface area contributed by atoms with E-state index in [1.54, 1.807) is 40.3 Å². The number of carbonyl (C=O) groups is 1. The van der Waals surface area contributed by atoms with Crippen LogP contribution in [-0.2, 0) is 14.8 Å². The number of piperidine rings is 1. The van der Waals surface area contributed by atoms with E-state index in [0.717, 1.165) is 11.3 Å². The fraction of sp³-hybridized carbons (Fsp3) is 0.350. The molecular formula is C20H22N2O3S2. The molecule has 142 valence electrons. The van der Waals surface area contributed by atoms with Crippen LogP contribution in [0.1, 0.15) is 18.4 Å². The molecule has 2 fully saturated rings. The Balaban J connectivity index is 1.57. The molecule has 0 unspecified atom stereocenters. The predicted octanol–water partition coefficient (Wildman–Crippen LogP) is 3.26. The van der Waals surface area contributed by atoms with Crippen molar-refractivity contribution in [3.05, 3.63) is 60.2 Å². The average Bonchev–Trinajstić information content (AvgIpc) is 2.99. The van der Waals surface area contributed by atoms with E-state index in [0.29, 0.717) is 36.6 Å². The highest BCUT2D eigenvalue weighted by atomic mass is 32.2. The number of benzene rings is 2. The first kappa shape index (κ1) is 18.5. The summed E-state index contributed by atoms with van der Waals surface area (Å²) in [4.78, 5) is 14.5. The van der Waals surface area contributed by atoms with Gasteiger partial charge in [-0.3, -0.25) is 9.69 Å². The third-order valence-electron chi connectivity index (χ3n) is 5.30. The molecule has 0 aromatic heterocycles. The Morgan fingerprint density at radius 2 is 1.59 bits per heavy atom. The van der Waals surface area contributed by atoms with Gasteiger partial charge in [0.1, 0.15) is 0 Å². The lowest BCUT2D eigenvalue weighted by Crippen LogP contribution is -2.53. The first-order valence-corrected chi connectivity index (χ1v) is 11.4. The van der Waals surface area contributed by atoms with Crippen molar-refractivity contribution in [2.45, 2.75) is 29.5 Å². The molecule has 5 nitrogen and oxygen atoms in total. The number of nitrogens with zero attached hydrogens (tertiary/aromatic N) is 2. The summed E-state index contributed by atoms with van der Waals surface area (Å²) < 4.78 is 27.3. The quantitative estimate of drug-likeness (QED) is 0.791. The van der Waals surface area contributed by atoms with Crippen molar-refractivity contribution < 1.29 is 13.2 Å². The molecule has 2 saturated heterocycles. The minimum Gasteiger partial charge on any atom is -0.296 e. The van der Waals surface area contributed by atoms with Gasteiger partial charge in [-0.2, -0.15) is 4.31 Å². The van der Waals surface area contributed by atoms with Gasteiger partial charge in [0, 0.05) is 18.8 Å². The Morgan fingerprint density at radius 3 is 2.22 bits per heavy atom. The number of carbonyl (C=O) groups excluding carboxylic acids is 1. The molecule has 1 spiro atoms. The second-order valence-electron chi connectivity index (χ2n) is 7.02. The number of rotatable bonds is 3. The van der Waals surface area contributed by atoms with Gasteiger partial charge in [0.2, 0.25) is 15.9 Å². The van der Waals surface area contributed by atoms with E-state index in [2.05, 4.69) is 0 Å². The smallest absolute Gasteiger partial charge is 0.243 e. The van der Waals surface area contributed by atoms with E-state index >= 15 is 0 Å². The summed E-state index contributed by atoms with van der Waals surface area (Å²) in [6.45, 7) is 2.85. The molecule has 2 aliphatic rings. The number of sulfonamides is 1. The predicted molar refractivity (Wildman–Crippen MR) is 108 cm³/mol. The van der Waals surface area contributed by atoms with Crippen LogP contribution < -0.4 is 4.90 Å². The maximum atomic E-state index is 12.9. The van der Waals surface area contributed by atoms with E-state index in [-0.39, 0.29) is 10.8 Å². The topological polar surface area (TPSA) is 57.7 Å². The lowest BCUT2D eigenvalue weighted by atomic mass is 10.0. The Morgan fingerprint density at radius 1 is 0.963 bits per heavy atom. The van der Waals surface area contributed by atoms with E-state index < -0.39 is 10.0 Å². The van der Waals surface area contributed by atoms with Crippen LogP contribution in [0.2, 0.25) is 0 Å². The average molecular weight is 403 g/mol. The van der Waals surface area contributed by atoms with Gasteiger partial charge in [0.05, 0.1) is 15.5 Å². The minimum atomic E-state index is -3.49. The van der Waals surface area contributed by atoms with Crippen molar-refractivity contribution in [1.82, 2.24) is 4.31 Å². The summed E-state index contributed by atoms with van der Waals surface area (Å²) in [6.07, 6.45) is 1.26. The second kappa shape index (κ2) is 6.96. The molecule has 7 heteroatoms. The molecule has 0 bridgehead atoms. The first-order chi connectivity index (χ1) is 12.9. The summed E-state index contributed by atoms with van der Waals surface area (Å²) >= 11 is 1.64. The summed E-state index contributed by atoms with van der Waals surface area (Å²) in [5.74, 6) is 0.544. The highest BCUT2D eigenvalue weighted by molar-refractivity contribution is 8.02. The van der Waals surface area contributed by atoms with Crippen LogP contribution in [-0.4, -0.2) is 42.3 Å². The maximum absolute atomic E-state index is 12.9. The molecule has 0 atom stereocenters. The van der Waals surface area contributed by atoms with Crippen molar-refractivity contribution >= 4 is 33.4 Å². The van der Waals surface area contributed by atoms with E-state index in [9.17, 15) is 13.2 Å². The van der Waals surface area contributed by atoms with Crippen molar-refractivity contribution in [1.29, 1.82) is 0 Å². The van der Waals surface area contributed by atoms with Gasteiger partial charge in [0.15, 0.2) is 0 Å². The third kappa shape index (κ3) is 3.28. The number of thioether (sulfide) groups is 1. The molecule has 1 amide bonds. The molecule has 2 aromatic carbocycles. The van der Waals surface area contributed by atoms with Crippen LogP contribution in [0.3, 0.4) is 0 Å². The van der Waals surface area contributed by atoms with Crippen molar-refractivity contribution in [3.63, 3.8) is 0 Å². The van der Waals surface area contributed by atoms with Crippen LogP contribution in [0.5, 0.6) is 0 Å². The molecule has 0 saturated carbocycles. The normalized spacial score (nSPS) is 20.3. The number of amides is 1. The number of aryl methyl sites for hydroxylation is 1. The van der Waals surface area contributed by atoms with Gasteiger partial charge in [-0.05, 0) is 44.0 Å². The Labute approximate surface area is 164 Å². The SMILES string of the molecule is Cc1ccc(N2C(=O)CSC23CCN(S(=O)(=O)c2ccccc2)CC3)cc1. The van der Waals surface area contributed by atoms with Crippen molar-refractivity contribution in [2.24, 2.45) is 0 Å². The summed E-state index contributed by atoms with van der Waals surface area (Å²) in [7, 11) is -3.49. The van der Waals surface area contributed by atoms with Crippen LogP contribution in [0.25, 0.3) is 0 Å². The second-order valence-corrected chi connectivity index (χ2v) is 10.3. The largest absolute Gasteiger partial charge is 0.296 e. The highest BCUT2D eigenvalue weighted by Crippen LogP contribution is 2.47. The van der Waals surface area contributed by atoms with Gasteiger partial charge in [-0.15, -0.1) is 11.8 Å². The monoisotopic (exact) mass is 402 g/mol. The van der Waals surface area contributed by atoms with Gasteiger partial charge in [-0.1, -0.05) is 35.9 Å². The molecule has 27 heavy (non-hydrogen) atoms. The fourth-order valence-electron chi connectivity index (χ4n) is 3.81.